The lowest BCUT2D eigenvalue weighted by Gasteiger charge is -2.31. The molecular formula is C23H24FN3O4. The van der Waals surface area contributed by atoms with Gasteiger partial charge in [0.1, 0.15) is 5.82 Å². The third-order valence-corrected chi connectivity index (χ3v) is 6.21. The number of likely N-dealkylation sites (tertiary alicyclic amines) is 2. The second-order valence-corrected chi connectivity index (χ2v) is 8.16. The highest BCUT2D eigenvalue weighted by Gasteiger charge is 2.54. The Morgan fingerprint density at radius 2 is 2.10 bits per heavy atom. The first-order valence-corrected chi connectivity index (χ1v) is 10.3. The predicted molar refractivity (Wildman–Crippen MR) is 109 cm³/mol. The zero-order valence-electron chi connectivity index (χ0n) is 17.0. The van der Waals surface area contributed by atoms with Gasteiger partial charge in [-0.15, -0.1) is 0 Å². The van der Waals surface area contributed by atoms with Gasteiger partial charge in [-0.25, -0.2) is 4.39 Å². The molecule has 3 amide bonds. The summed E-state index contributed by atoms with van der Waals surface area (Å²) in [5.41, 5.74) is -0.473. The summed E-state index contributed by atoms with van der Waals surface area (Å²) < 4.78 is 14.1. The third-order valence-electron chi connectivity index (χ3n) is 6.21. The van der Waals surface area contributed by atoms with Gasteiger partial charge in [0.05, 0.1) is 24.6 Å². The lowest BCUT2D eigenvalue weighted by Crippen LogP contribution is -2.45. The maximum Gasteiger partial charge on any atom is 0.241 e. The van der Waals surface area contributed by atoms with Crippen LogP contribution in [0.1, 0.15) is 36.8 Å². The SMILES string of the molecule is O=C1CC(CC(=O)N2CCC[C@H]2CO)(c2cccc(F)c2)C(=O)N1Cc1cccnc1. The maximum atomic E-state index is 14.1. The molecule has 2 aliphatic heterocycles. The Balaban J connectivity index is 1.69. The van der Waals surface area contributed by atoms with Gasteiger partial charge in [0, 0.05) is 31.8 Å². The number of aliphatic hydroxyl groups excluding tert-OH is 1. The smallest absolute Gasteiger partial charge is 0.241 e. The van der Waals surface area contributed by atoms with E-state index in [1.54, 1.807) is 35.5 Å². The standard InChI is InChI=1S/C23H24FN3O4/c24-18-6-1-5-17(10-18)23(11-20(29)26-9-3-7-19(26)15-28)12-21(30)27(22(23)31)14-16-4-2-8-25-13-16/h1-2,4-6,8,10,13,19,28H,3,7,9,11-12,14-15H2/t19-,23?/m0/s1. The van der Waals surface area contributed by atoms with Gasteiger partial charge in [-0.05, 0) is 42.2 Å². The molecule has 2 fully saturated rings. The van der Waals surface area contributed by atoms with E-state index in [9.17, 15) is 23.9 Å². The van der Waals surface area contributed by atoms with Crippen molar-refractivity contribution in [2.75, 3.05) is 13.2 Å². The van der Waals surface area contributed by atoms with Crippen molar-refractivity contribution in [1.29, 1.82) is 0 Å². The van der Waals surface area contributed by atoms with Crippen LogP contribution in [0.15, 0.2) is 48.8 Å². The molecule has 4 rings (SSSR count). The fraction of sp³-hybridized carbons (Fsp3) is 0.391. The van der Waals surface area contributed by atoms with E-state index in [2.05, 4.69) is 4.98 Å². The number of hydrogen-bond acceptors (Lipinski definition) is 5. The van der Waals surface area contributed by atoms with Crippen molar-refractivity contribution in [3.8, 4) is 0 Å². The highest BCUT2D eigenvalue weighted by atomic mass is 19.1. The molecule has 1 aromatic carbocycles. The van der Waals surface area contributed by atoms with Crippen molar-refractivity contribution in [2.45, 2.75) is 43.7 Å². The molecule has 2 saturated heterocycles. The van der Waals surface area contributed by atoms with Crippen molar-refractivity contribution in [3.05, 3.63) is 65.7 Å². The molecule has 0 radical (unpaired) electrons. The zero-order valence-corrected chi connectivity index (χ0v) is 17.0. The molecule has 0 aliphatic carbocycles. The number of rotatable bonds is 6. The summed E-state index contributed by atoms with van der Waals surface area (Å²) in [5.74, 6) is -1.78. The number of carbonyl (C=O) groups is 3. The molecule has 2 aromatic rings. The molecule has 162 valence electrons. The lowest BCUT2D eigenvalue weighted by molar-refractivity contribution is -0.143. The van der Waals surface area contributed by atoms with Crippen LogP contribution >= 0.6 is 0 Å². The van der Waals surface area contributed by atoms with E-state index < -0.39 is 23.0 Å². The van der Waals surface area contributed by atoms with Gasteiger partial charge in [0.15, 0.2) is 0 Å². The maximum absolute atomic E-state index is 14.1. The quantitative estimate of drug-likeness (QED) is 0.713. The Bertz CT molecular complexity index is 999. The Kier molecular flexibility index (Phi) is 5.82. The molecule has 0 spiro atoms. The van der Waals surface area contributed by atoms with Crippen LogP contribution in [-0.4, -0.2) is 56.8 Å². The van der Waals surface area contributed by atoms with Crippen molar-refractivity contribution in [1.82, 2.24) is 14.8 Å². The number of halogens is 1. The molecule has 1 unspecified atom stereocenters. The molecule has 0 saturated carbocycles. The summed E-state index contributed by atoms with van der Waals surface area (Å²) in [6.45, 7) is 0.378. The predicted octanol–water partition coefficient (Wildman–Crippen LogP) is 1.79. The summed E-state index contributed by atoms with van der Waals surface area (Å²) in [6, 6.07) is 8.72. The zero-order chi connectivity index (χ0) is 22.0. The highest BCUT2D eigenvalue weighted by Crippen LogP contribution is 2.41. The summed E-state index contributed by atoms with van der Waals surface area (Å²) in [7, 11) is 0. The van der Waals surface area contributed by atoms with Crippen LogP contribution in [-0.2, 0) is 26.3 Å². The molecule has 7 nitrogen and oxygen atoms in total. The Morgan fingerprint density at radius 1 is 1.26 bits per heavy atom. The van der Waals surface area contributed by atoms with E-state index in [1.807, 2.05) is 0 Å². The monoisotopic (exact) mass is 425 g/mol. The number of aliphatic hydroxyl groups is 1. The molecule has 1 N–H and O–H groups in total. The molecule has 2 atom stereocenters. The number of aromatic nitrogens is 1. The Labute approximate surface area is 179 Å². The van der Waals surface area contributed by atoms with Crippen molar-refractivity contribution < 1.29 is 23.9 Å². The number of nitrogens with zero attached hydrogens (tertiary/aromatic N) is 3. The first-order chi connectivity index (χ1) is 14.9. The summed E-state index contributed by atoms with van der Waals surface area (Å²) in [5, 5.41) is 9.59. The van der Waals surface area contributed by atoms with E-state index in [0.29, 0.717) is 24.1 Å². The molecule has 1 aromatic heterocycles. The first-order valence-electron chi connectivity index (χ1n) is 10.3. The number of hydrogen-bond donors (Lipinski definition) is 1. The average molecular weight is 425 g/mol. The van der Waals surface area contributed by atoms with E-state index >= 15 is 0 Å². The normalized spacial score (nSPS) is 23.6. The van der Waals surface area contributed by atoms with Crippen molar-refractivity contribution in [3.63, 3.8) is 0 Å². The lowest BCUT2D eigenvalue weighted by atomic mass is 9.75. The summed E-state index contributed by atoms with van der Waals surface area (Å²) >= 11 is 0. The average Bonchev–Trinajstić information content (AvgIpc) is 3.34. The highest BCUT2D eigenvalue weighted by molar-refractivity contribution is 6.10. The third kappa shape index (κ3) is 3.95. The van der Waals surface area contributed by atoms with Gasteiger partial charge in [-0.2, -0.15) is 0 Å². The molecule has 31 heavy (non-hydrogen) atoms. The van der Waals surface area contributed by atoms with Gasteiger partial charge in [-0.3, -0.25) is 24.3 Å². The minimum atomic E-state index is -1.47. The number of benzene rings is 1. The van der Waals surface area contributed by atoms with Crippen LogP contribution in [0.5, 0.6) is 0 Å². The minimum absolute atomic E-state index is 0.0414. The Morgan fingerprint density at radius 3 is 2.81 bits per heavy atom. The van der Waals surface area contributed by atoms with Gasteiger partial charge in [0.2, 0.25) is 17.7 Å². The van der Waals surface area contributed by atoms with Crippen LogP contribution in [0.2, 0.25) is 0 Å². The largest absolute Gasteiger partial charge is 0.394 e. The number of carbonyl (C=O) groups excluding carboxylic acids is 3. The Hall–Kier alpha value is -3.13. The fourth-order valence-corrected chi connectivity index (χ4v) is 4.60. The van der Waals surface area contributed by atoms with E-state index in [4.69, 9.17) is 0 Å². The van der Waals surface area contributed by atoms with Crippen LogP contribution in [0.4, 0.5) is 4.39 Å². The second kappa shape index (κ2) is 8.55. The molecule has 3 heterocycles. The number of pyridine rings is 1. The summed E-state index contributed by atoms with van der Waals surface area (Å²) in [4.78, 5) is 46.4. The summed E-state index contributed by atoms with van der Waals surface area (Å²) in [6.07, 6.45) is 4.17. The first kappa shape index (κ1) is 21.1. The minimum Gasteiger partial charge on any atom is -0.394 e. The van der Waals surface area contributed by atoms with Gasteiger partial charge >= 0.3 is 0 Å². The van der Waals surface area contributed by atoms with Crippen LogP contribution in [0, 0.1) is 5.82 Å². The van der Waals surface area contributed by atoms with E-state index in [-0.39, 0.29) is 37.9 Å². The molecule has 2 aliphatic rings. The molecular weight excluding hydrogens is 401 g/mol. The van der Waals surface area contributed by atoms with Gasteiger partial charge in [0.25, 0.3) is 0 Å². The van der Waals surface area contributed by atoms with Crippen molar-refractivity contribution >= 4 is 17.7 Å². The van der Waals surface area contributed by atoms with Crippen LogP contribution in [0.25, 0.3) is 0 Å². The number of amides is 3. The van der Waals surface area contributed by atoms with E-state index in [0.717, 1.165) is 11.3 Å². The van der Waals surface area contributed by atoms with Crippen molar-refractivity contribution in [2.24, 2.45) is 0 Å². The van der Waals surface area contributed by atoms with Gasteiger partial charge in [-0.1, -0.05) is 18.2 Å². The fourth-order valence-electron chi connectivity index (χ4n) is 4.60. The topological polar surface area (TPSA) is 90.8 Å². The molecule has 8 heteroatoms. The molecule has 0 bridgehead atoms. The second-order valence-electron chi connectivity index (χ2n) is 8.16. The van der Waals surface area contributed by atoms with Gasteiger partial charge < -0.3 is 10.0 Å². The van der Waals surface area contributed by atoms with Crippen LogP contribution < -0.4 is 0 Å². The van der Waals surface area contributed by atoms with E-state index in [1.165, 1.54) is 18.2 Å². The van der Waals surface area contributed by atoms with Crippen LogP contribution in [0.3, 0.4) is 0 Å². The number of imide groups is 1.